The number of aromatic nitrogens is 7. The van der Waals surface area contributed by atoms with E-state index in [4.69, 9.17) is 0 Å². The predicted molar refractivity (Wildman–Crippen MR) is 116 cm³/mol. The van der Waals surface area contributed by atoms with Gasteiger partial charge in [-0.05, 0) is 42.7 Å². The minimum atomic E-state index is -0.265. The molecule has 4 heterocycles. The van der Waals surface area contributed by atoms with Gasteiger partial charge in [-0.1, -0.05) is 13.5 Å². The van der Waals surface area contributed by atoms with Gasteiger partial charge in [0.25, 0.3) is 5.91 Å². The fraction of sp³-hybridized carbons (Fsp3) is 0.318. The predicted octanol–water partition coefficient (Wildman–Crippen LogP) is 2.80. The number of H-pyrrole nitrogens is 2. The molecule has 31 heavy (non-hydrogen) atoms. The summed E-state index contributed by atoms with van der Waals surface area (Å²) in [6.45, 7) is 6.21. The first-order valence-electron chi connectivity index (χ1n) is 10.3. The molecule has 156 valence electrons. The molecule has 1 saturated carbocycles. The Kier molecular flexibility index (Phi) is 3.57. The molecule has 0 bridgehead atoms. The fourth-order valence-electron chi connectivity index (χ4n) is 4.67. The van der Waals surface area contributed by atoms with Crippen molar-refractivity contribution in [2.24, 2.45) is 11.3 Å². The molecule has 0 aromatic carbocycles. The van der Waals surface area contributed by atoms with E-state index in [1.54, 1.807) is 31.7 Å². The molecule has 2 aliphatic carbocycles. The summed E-state index contributed by atoms with van der Waals surface area (Å²) in [5.74, 6) is 1.18. The van der Waals surface area contributed by atoms with Crippen LogP contribution in [0.1, 0.15) is 24.6 Å². The van der Waals surface area contributed by atoms with Gasteiger partial charge in [0.2, 0.25) is 0 Å². The Labute approximate surface area is 178 Å². The van der Waals surface area contributed by atoms with Gasteiger partial charge >= 0.3 is 0 Å². The van der Waals surface area contributed by atoms with Gasteiger partial charge in [-0.25, -0.2) is 14.6 Å². The van der Waals surface area contributed by atoms with Crippen molar-refractivity contribution in [3.8, 4) is 11.5 Å². The van der Waals surface area contributed by atoms with Crippen LogP contribution in [-0.2, 0) is 17.6 Å². The quantitative estimate of drug-likeness (QED) is 0.499. The SMILES string of the molecule is C=C(C(=O)N(C)c1cnc2nc(-c3n[nH]c4c3C[C@@H]3C[C@]3(C)C4)[nH]c2c1)n1cccn1. The van der Waals surface area contributed by atoms with Gasteiger partial charge in [0, 0.05) is 30.7 Å². The number of nitrogens with one attached hydrogen (secondary N) is 2. The van der Waals surface area contributed by atoms with Crippen molar-refractivity contribution >= 4 is 28.5 Å². The number of aromatic amines is 2. The summed E-state index contributed by atoms with van der Waals surface area (Å²) >= 11 is 0. The van der Waals surface area contributed by atoms with Crippen LogP contribution in [0.3, 0.4) is 0 Å². The van der Waals surface area contributed by atoms with Gasteiger partial charge < -0.3 is 9.88 Å². The first kappa shape index (κ1) is 18.1. The molecule has 4 aromatic heterocycles. The Morgan fingerprint density at radius 2 is 2.29 bits per heavy atom. The molecule has 1 fully saturated rings. The van der Waals surface area contributed by atoms with Crippen LogP contribution in [0.2, 0.25) is 0 Å². The Morgan fingerprint density at radius 1 is 1.42 bits per heavy atom. The van der Waals surface area contributed by atoms with Crippen LogP contribution in [0.5, 0.6) is 0 Å². The van der Waals surface area contributed by atoms with Crippen molar-refractivity contribution in [3.05, 3.63) is 48.6 Å². The zero-order valence-corrected chi connectivity index (χ0v) is 17.4. The first-order chi connectivity index (χ1) is 14.9. The molecular weight excluding hydrogens is 392 g/mol. The van der Waals surface area contributed by atoms with E-state index >= 15 is 0 Å². The van der Waals surface area contributed by atoms with E-state index < -0.39 is 0 Å². The molecule has 0 spiro atoms. The Morgan fingerprint density at radius 3 is 3.10 bits per heavy atom. The van der Waals surface area contributed by atoms with Crippen molar-refractivity contribution in [2.75, 3.05) is 11.9 Å². The van der Waals surface area contributed by atoms with Crippen LogP contribution < -0.4 is 4.90 Å². The average Bonchev–Trinajstić information content (AvgIpc) is 3.23. The lowest BCUT2D eigenvalue weighted by Crippen LogP contribution is -2.29. The number of likely N-dealkylation sites (N-methyl/N-ethyl adjacent to an activating group) is 1. The van der Waals surface area contributed by atoms with Crippen LogP contribution >= 0.6 is 0 Å². The van der Waals surface area contributed by atoms with Gasteiger partial charge in [-0.15, -0.1) is 0 Å². The number of hydrogen-bond donors (Lipinski definition) is 2. The molecule has 0 unspecified atom stereocenters. The van der Waals surface area contributed by atoms with Crippen molar-refractivity contribution in [3.63, 3.8) is 0 Å². The maximum Gasteiger partial charge on any atom is 0.276 e. The second-order valence-electron chi connectivity index (χ2n) is 8.88. The van der Waals surface area contributed by atoms with Gasteiger partial charge in [-0.3, -0.25) is 9.89 Å². The number of pyridine rings is 1. The number of hydrogen-bond acceptors (Lipinski definition) is 5. The van der Waals surface area contributed by atoms with Crippen molar-refractivity contribution in [2.45, 2.75) is 26.2 Å². The minimum absolute atomic E-state index is 0.258. The van der Waals surface area contributed by atoms with E-state index in [0.717, 1.165) is 30.0 Å². The number of nitrogens with zero attached hydrogens (tertiary/aromatic N) is 6. The molecule has 9 heteroatoms. The number of rotatable bonds is 4. The van der Waals surface area contributed by atoms with Crippen molar-refractivity contribution in [1.82, 2.24) is 34.9 Å². The molecule has 4 aromatic rings. The molecule has 2 atom stereocenters. The van der Waals surface area contributed by atoms with E-state index in [1.165, 1.54) is 27.3 Å². The lowest BCUT2D eigenvalue weighted by molar-refractivity contribution is -0.113. The third-order valence-corrected chi connectivity index (χ3v) is 6.79. The van der Waals surface area contributed by atoms with Gasteiger partial charge in [0.1, 0.15) is 11.4 Å². The molecule has 2 aliphatic rings. The summed E-state index contributed by atoms with van der Waals surface area (Å²) in [4.78, 5) is 26.7. The van der Waals surface area contributed by atoms with E-state index in [1.807, 2.05) is 6.07 Å². The normalized spacial score (nSPS) is 21.5. The topological polar surface area (TPSA) is 108 Å². The number of fused-ring (bicyclic) bond motifs is 3. The largest absolute Gasteiger partial charge is 0.335 e. The highest BCUT2D eigenvalue weighted by atomic mass is 16.2. The van der Waals surface area contributed by atoms with E-state index in [0.29, 0.717) is 22.6 Å². The first-order valence-corrected chi connectivity index (χ1v) is 10.3. The van der Waals surface area contributed by atoms with Crippen LogP contribution in [0.25, 0.3) is 28.4 Å². The summed E-state index contributed by atoms with van der Waals surface area (Å²) in [6.07, 6.45) is 8.30. The van der Waals surface area contributed by atoms with Crippen LogP contribution in [0.15, 0.2) is 37.3 Å². The monoisotopic (exact) mass is 414 g/mol. The zero-order valence-electron chi connectivity index (χ0n) is 17.4. The molecule has 2 N–H and O–H groups in total. The molecule has 9 nitrogen and oxygen atoms in total. The smallest absolute Gasteiger partial charge is 0.276 e. The standard InChI is InChI=1S/C22H22N8O/c1-12(30-6-4-5-24-30)21(31)29(3)14-8-16-19(23-11-14)26-20(25-16)18-15-7-13-9-22(13,2)10-17(15)27-28-18/h4-6,8,11,13H,1,7,9-10H2,2-3H3,(H,27,28)(H,23,25,26)/t13-,22-/m1/s1. The number of imidazole rings is 1. The highest BCUT2D eigenvalue weighted by Crippen LogP contribution is 2.59. The summed E-state index contributed by atoms with van der Waals surface area (Å²) < 4.78 is 1.45. The third-order valence-electron chi connectivity index (χ3n) is 6.79. The second kappa shape index (κ2) is 6.13. The van der Waals surface area contributed by atoms with Gasteiger partial charge in [0.15, 0.2) is 11.5 Å². The number of amides is 1. The van der Waals surface area contributed by atoms with Crippen molar-refractivity contribution in [1.29, 1.82) is 0 Å². The fourth-order valence-corrected chi connectivity index (χ4v) is 4.67. The average molecular weight is 414 g/mol. The van der Waals surface area contributed by atoms with E-state index in [9.17, 15) is 4.79 Å². The van der Waals surface area contributed by atoms with E-state index in [2.05, 4.69) is 43.8 Å². The summed E-state index contributed by atoms with van der Waals surface area (Å²) in [7, 11) is 1.69. The molecule has 0 aliphatic heterocycles. The highest BCUT2D eigenvalue weighted by molar-refractivity contribution is 6.20. The maximum atomic E-state index is 12.8. The molecule has 0 saturated heterocycles. The van der Waals surface area contributed by atoms with Crippen LogP contribution in [0.4, 0.5) is 5.69 Å². The lowest BCUT2D eigenvalue weighted by Gasteiger charge is -2.18. The van der Waals surface area contributed by atoms with Gasteiger partial charge in [-0.2, -0.15) is 10.2 Å². The second-order valence-corrected chi connectivity index (χ2v) is 8.88. The molecule has 6 rings (SSSR count). The maximum absolute atomic E-state index is 12.8. The molecular formula is C22H22N8O. The van der Waals surface area contributed by atoms with E-state index in [-0.39, 0.29) is 11.6 Å². The Bertz CT molecular complexity index is 1350. The Hall–Kier alpha value is -3.75. The summed E-state index contributed by atoms with van der Waals surface area (Å²) in [5.41, 5.74) is 6.05. The van der Waals surface area contributed by atoms with Crippen LogP contribution in [-0.4, -0.2) is 47.9 Å². The molecule has 1 amide bonds. The lowest BCUT2D eigenvalue weighted by atomic mass is 9.88. The number of anilines is 1. The zero-order chi connectivity index (χ0) is 21.3. The number of carbonyl (C=O) groups is 1. The highest BCUT2D eigenvalue weighted by Gasteiger charge is 2.53. The number of carbonyl (C=O) groups excluding carboxylic acids is 1. The van der Waals surface area contributed by atoms with Crippen molar-refractivity contribution < 1.29 is 4.79 Å². The van der Waals surface area contributed by atoms with Gasteiger partial charge in [0.05, 0.1) is 17.4 Å². The summed E-state index contributed by atoms with van der Waals surface area (Å²) in [6, 6.07) is 3.61. The third kappa shape index (κ3) is 2.73. The Balaban J connectivity index is 1.31. The molecule has 0 radical (unpaired) electrons. The minimum Gasteiger partial charge on any atom is -0.335 e. The summed E-state index contributed by atoms with van der Waals surface area (Å²) in [5, 5.41) is 11.8. The van der Waals surface area contributed by atoms with Crippen LogP contribution in [0, 0.1) is 11.3 Å².